The minimum atomic E-state index is -0.141. The predicted octanol–water partition coefficient (Wildman–Crippen LogP) is -0.0557. The van der Waals surface area contributed by atoms with Gasteiger partial charge in [0.25, 0.3) is 5.91 Å². The van der Waals surface area contributed by atoms with E-state index in [1.165, 1.54) is 25.9 Å². The Bertz CT molecular complexity index is 426. The fourth-order valence-electron chi connectivity index (χ4n) is 2.69. The van der Waals surface area contributed by atoms with E-state index < -0.39 is 0 Å². The summed E-state index contributed by atoms with van der Waals surface area (Å²) >= 11 is 1.13. The molecule has 1 aromatic heterocycles. The number of aromatic nitrogens is 2. The van der Waals surface area contributed by atoms with Crippen LogP contribution in [0, 0.1) is 5.92 Å². The van der Waals surface area contributed by atoms with Crippen LogP contribution < -0.4 is 11.1 Å². The first-order valence-corrected chi connectivity index (χ1v) is 6.66. The minimum absolute atomic E-state index is 0.141. The van der Waals surface area contributed by atoms with Crippen molar-refractivity contribution in [2.24, 2.45) is 5.92 Å². The number of fused-ring (bicyclic) bond motifs is 3. The summed E-state index contributed by atoms with van der Waals surface area (Å²) in [5.74, 6) is 0.479. The number of nitrogen functional groups attached to an aromatic ring is 1. The average molecular weight is 253 g/mol. The first kappa shape index (κ1) is 10.9. The van der Waals surface area contributed by atoms with Gasteiger partial charge in [-0.25, -0.2) is 0 Å². The van der Waals surface area contributed by atoms with Crippen molar-refractivity contribution in [3.05, 3.63) is 5.01 Å². The quantitative estimate of drug-likeness (QED) is 0.771. The molecule has 1 aromatic rings. The van der Waals surface area contributed by atoms with Crippen molar-refractivity contribution in [1.82, 2.24) is 20.4 Å². The Morgan fingerprint density at radius 1 is 1.41 bits per heavy atom. The van der Waals surface area contributed by atoms with Gasteiger partial charge in [0.15, 0.2) is 0 Å². The molecule has 1 atom stereocenters. The topological polar surface area (TPSA) is 84.1 Å². The molecule has 17 heavy (non-hydrogen) atoms. The lowest BCUT2D eigenvalue weighted by Gasteiger charge is -2.44. The van der Waals surface area contributed by atoms with Gasteiger partial charge in [-0.3, -0.25) is 4.79 Å². The first-order valence-electron chi connectivity index (χ1n) is 5.84. The second-order valence-corrected chi connectivity index (χ2v) is 5.67. The van der Waals surface area contributed by atoms with Gasteiger partial charge in [-0.1, -0.05) is 11.3 Å². The van der Waals surface area contributed by atoms with Gasteiger partial charge in [0.1, 0.15) is 0 Å². The molecule has 6 nitrogen and oxygen atoms in total. The average Bonchev–Trinajstić information content (AvgIpc) is 2.77. The number of rotatable bonds is 2. The molecule has 3 fully saturated rings. The van der Waals surface area contributed by atoms with Crippen molar-refractivity contribution in [2.75, 3.05) is 25.4 Å². The number of piperidine rings is 3. The molecule has 3 saturated heterocycles. The molecular formula is C10H15N5OS. The maximum Gasteiger partial charge on any atom is 0.282 e. The summed E-state index contributed by atoms with van der Waals surface area (Å²) in [6, 6.07) is 0.259. The van der Waals surface area contributed by atoms with Crippen molar-refractivity contribution in [1.29, 1.82) is 0 Å². The molecule has 1 unspecified atom stereocenters. The molecule has 3 aliphatic heterocycles. The molecule has 0 radical (unpaired) electrons. The van der Waals surface area contributed by atoms with Gasteiger partial charge < -0.3 is 16.0 Å². The van der Waals surface area contributed by atoms with Crippen LogP contribution in [0.5, 0.6) is 0 Å². The zero-order valence-corrected chi connectivity index (χ0v) is 10.2. The summed E-state index contributed by atoms with van der Waals surface area (Å²) < 4.78 is 0. The van der Waals surface area contributed by atoms with E-state index in [0.717, 1.165) is 17.9 Å². The van der Waals surface area contributed by atoms with Crippen LogP contribution in [0.3, 0.4) is 0 Å². The molecule has 0 saturated carbocycles. The van der Waals surface area contributed by atoms with Gasteiger partial charge in [0, 0.05) is 12.6 Å². The van der Waals surface area contributed by atoms with Crippen molar-refractivity contribution in [3.8, 4) is 0 Å². The highest BCUT2D eigenvalue weighted by molar-refractivity contribution is 7.16. The molecule has 7 heteroatoms. The van der Waals surface area contributed by atoms with Gasteiger partial charge in [-0.05, 0) is 31.8 Å². The number of anilines is 1. The molecule has 0 spiro atoms. The third kappa shape index (κ3) is 2.12. The van der Waals surface area contributed by atoms with E-state index in [9.17, 15) is 4.79 Å². The minimum Gasteiger partial charge on any atom is -0.374 e. The van der Waals surface area contributed by atoms with Gasteiger partial charge in [0.2, 0.25) is 10.1 Å². The summed E-state index contributed by atoms with van der Waals surface area (Å²) in [4.78, 5) is 14.3. The fourth-order valence-corrected chi connectivity index (χ4v) is 3.20. The van der Waals surface area contributed by atoms with E-state index >= 15 is 0 Å². The van der Waals surface area contributed by atoms with E-state index in [2.05, 4.69) is 20.4 Å². The number of carbonyl (C=O) groups excluding carboxylic acids is 1. The number of nitrogens with two attached hydrogens (primary N) is 1. The van der Waals surface area contributed by atoms with Crippen LogP contribution in [-0.4, -0.2) is 46.7 Å². The monoisotopic (exact) mass is 253 g/mol. The van der Waals surface area contributed by atoms with E-state index in [0.29, 0.717) is 16.1 Å². The molecule has 3 aliphatic rings. The van der Waals surface area contributed by atoms with Crippen molar-refractivity contribution in [3.63, 3.8) is 0 Å². The van der Waals surface area contributed by atoms with Gasteiger partial charge >= 0.3 is 0 Å². The van der Waals surface area contributed by atoms with E-state index in [4.69, 9.17) is 5.73 Å². The largest absolute Gasteiger partial charge is 0.374 e. The SMILES string of the molecule is Nc1nnc(C(=O)NC2CN3CCC2CC3)s1. The molecular weight excluding hydrogens is 238 g/mol. The van der Waals surface area contributed by atoms with Gasteiger partial charge in [-0.2, -0.15) is 0 Å². The van der Waals surface area contributed by atoms with Crippen LogP contribution in [0.2, 0.25) is 0 Å². The summed E-state index contributed by atoms with van der Waals surface area (Å²) in [7, 11) is 0. The maximum atomic E-state index is 11.9. The van der Waals surface area contributed by atoms with Crippen LogP contribution in [0.25, 0.3) is 0 Å². The van der Waals surface area contributed by atoms with Crippen molar-refractivity contribution >= 4 is 22.4 Å². The molecule has 0 aliphatic carbocycles. The summed E-state index contributed by atoms with van der Waals surface area (Å²) in [5, 5.41) is 11.2. The van der Waals surface area contributed by atoms with Crippen LogP contribution in [0.1, 0.15) is 22.6 Å². The van der Waals surface area contributed by atoms with Gasteiger partial charge in [-0.15, -0.1) is 10.2 Å². The first-order chi connectivity index (χ1) is 8.22. The van der Waals surface area contributed by atoms with Gasteiger partial charge in [0.05, 0.1) is 0 Å². The second kappa shape index (κ2) is 4.23. The normalized spacial score (nSPS) is 31.4. The number of hydrogen-bond acceptors (Lipinski definition) is 6. The Balaban J connectivity index is 1.65. The zero-order valence-electron chi connectivity index (χ0n) is 9.43. The summed E-state index contributed by atoms with van der Waals surface area (Å²) in [5.41, 5.74) is 5.47. The lowest BCUT2D eigenvalue weighted by molar-refractivity contribution is 0.0620. The zero-order chi connectivity index (χ0) is 11.8. The third-order valence-electron chi connectivity index (χ3n) is 3.61. The fraction of sp³-hybridized carbons (Fsp3) is 0.700. The molecule has 2 bridgehead atoms. The molecule has 4 rings (SSSR count). The lowest BCUT2D eigenvalue weighted by Crippen LogP contribution is -2.57. The van der Waals surface area contributed by atoms with Crippen molar-refractivity contribution < 1.29 is 4.79 Å². The predicted molar refractivity (Wildman–Crippen MR) is 64.7 cm³/mol. The molecule has 1 amide bonds. The standard InChI is InChI=1S/C10H15N5OS/c11-10-14-13-9(17-10)8(16)12-7-5-15-3-1-6(7)2-4-15/h6-7H,1-5H2,(H2,11,14)(H,12,16). The lowest BCUT2D eigenvalue weighted by atomic mass is 9.84. The highest BCUT2D eigenvalue weighted by Crippen LogP contribution is 2.27. The molecule has 3 N–H and O–H groups in total. The Kier molecular flexibility index (Phi) is 2.71. The number of nitrogens with one attached hydrogen (secondary N) is 1. The van der Waals surface area contributed by atoms with E-state index in [-0.39, 0.29) is 11.9 Å². The third-order valence-corrected chi connectivity index (χ3v) is 4.36. The van der Waals surface area contributed by atoms with Crippen LogP contribution in [0.4, 0.5) is 5.13 Å². The molecule has 4 heterocycles. The molecule has 0 aromatic carbocycles. The van der Waals surface area contributed by atoms with E-state index in [1.807, 2.05) is 0 Å². The number of carbonyl (C=O) groups is 1. The maximum absolute atomic E-state index is 11.9. The Morgan fingerprint density at radius 3 is 2.71 bits per heavy atom. The Morgan fingerprint density at radius 2 is 2.18 bits per heavy atom. The highest BCUT2D eigenvalue weighted by atomic mass is 32.1. The smallest absolute Gasteiger partial charge is 0.282 e. The van der Waals surface area contributed by atoms with Crippen molar-refractivity contribution in [2.45, 2.75) is 18.9 Å². The van der Waals surface area contributed by atoms with Crippen LogP contribution in [-0.2, 0) is 0 Å². The Labute approximate surface area is 103 Å². The van der Waals surface area contributed by atoms with Crippen LogP contribution >= 0.6 is 11.3 Å². The Hall–Kier alpha value is -1.21. The van der Waals surface area contributed by atoms with E-state index in [1.54, 1.807) is 0 Å². The van der Waals surface area contributed by atoms with Crippen LogP contribution in [0.15, 0.2) is 0 Å². The number of amides is 1. The second-order valence-electron chi connectivity index (χ2n) is 4.66. The summed E-state index contributed by atoms with van der Waals surface area (Å²) in [6.45, 7) is 3.30. The number of nitrogens with zero attached hydrogens (tertiary/aromatic N) is 3. The number of hydrogen-bond donors (Lipinski definition) is 2. The highest BCUT2D eigenvalue weighted by Gasteiger charge is 2.35. The molecule has 92 valence electrons. The summed E-state index contributed by atoms with van der Waals surface area (Å²) in [6.07, 6.45) is 2.37.